The zero-order chi connectivity index (χ0) is 10.5. The minimum Gasteiger partial charge on any atom is -0.0845 e. The Morgan fingerprint density at radius 3 is 2.29 bits per heavy atom. The van der Waals surface area contributed by atoms with Crippen molar-refractivity contribution < 1.29 is 0 Å². The van der Waals surface area contributed by atoms with Crippen LogP contribution >= 0.6 is 0 Å². The minimum absolute atomic E-state index is 1.20. The van der Waals surface area contributed by atoms with Crippen LogP contribution in [0.3, 0.4) is 0 Å². The van der Waals surface area contributed by atoms with E-state index < -0.39 is 0 Å². The van der Waals surface area contributed by atoms with Crippen LogP contribution in [0.15, 0.2) is 30.4 Å². The first kappa shape index (κ1) is 13.2. The van der Waals surface area contributed by atoms with Gasteiger partial charge in [0.05, 0.1) is 0 Å². The summed E-state index contributed by atoms with van der Waals surface area (Å²) in [6.45, 7) is 7.45. The molecule has 0 aliphatic rings. The van der Waals surface area contributed by atoms with Gasteiger partial charge in [-0.2, -0.15) is 0 Å². The Labute approximate surface area is 89.4 Å². The van der Waals surface area contributed by atoms with E-state index in [1.54, 1.807) is 6.08 Å². The van der Waals surface area contributed by atoms with Crippen molar-refractivity contribution in [3.05, 3.63) is 37.0 Å². The lowest BCUT2D eigenvalue weighted by Gasteiger charge is -1.97. The lowest BCUT2D eigenvalue weighted by Crippen LogP contribution is -1.77. The molecular weight excluding hydrogens is 168 g/mol. The molecule has 0 amide bonds. The number of hydrogen-bond acceptors (Lipinski definition) is 0. The number of allylic oxidation sites excluding steroid dienone is 5. The van der Waals surface area contributed by atoms with E-state index in [1.807, 2.05) is 12.2 Å². The number of rotatable bonds is 9. The van der Waals surface area contributed by atoms with Crippen molar-refractivity contribution in [3.63, 3.8) is 0 Å². The van der Waals surface area contributed by atoms with Gasteiger partial charge in [0.1, 0.15) is 0 Å². The maximum absolute atomic E-state index is 5.19. The molecule has 0 heteroatoms. The summed E-state index contributed by atoms with van der Waals surface area (Å²) >= 11 is 0. The summed E-state index contributed by atoms with van der Waals surface area (Å²) in [6.07, 6.45) is 19.1. The second-order valence-electron chi connectivity index (χ2n) is 3.56. The first-order valence-electron chi connectivity index (χ1n) is 5.78. The first-order valence-corrected chi connectivity index (χ1v) is 5.78. The van der Waals surface area contributed by atoms with Crippen molar-refractivity contribution in [2.24, 2.45) is 0 Å². The molecule has 0 nitrogen and oxygen atoms in total. The van der Waals surface area contributed by atoms with E-state index in [-0.39, 0.29) is 0 Å². The van der Waals surface area contributed by atoms with E-state index in [2.05, 4.69) is 19.1 Å². The highest BCUT2D eigenvalue weighted by atomic mass is 13.9. The second-order valence-corrected chi connectivity index (χ2v) is 3.56. The Kier molecular flexibility index (Phi) is 11.5. The van der Waals surface area contributed by atoms with Crippen LogP contribution in [-0.4, -0.2) is 0 Å². The lowest BCUT2D eigenvalue weighted by molar-refractivity contribution is 0.611. The van der Waals surface area contributed by atoms with Crippen molar-refractivity contribution in [3.8, 4) is 0 Å². The van der Waals surface area contributed by atoms with E-state index in [0.717, 1.165) is 0 Å². The summed E-state index contributed by atoms with van der Waals surface area (Å²) in [6, 6.07) is 0. The molecule has 0 unspecified atom stereocenters. The van der Waals surface area contributed by atoms with Gasteiger partial charge in [-0.25, -0.2) is 0 Å². The Morgan fingerprint density at radius 1 is 0.857 bits per heavy atom. The molecule has 0 atom stereocenters. The Morgan fingerprint density at radius 2 is 1.57 bits per heavy atom. The highest BCUT2D eigenvalue weighted by Crippen LogP contribution is 2.06. The first-order chi connectivity index (χ1) is 6.91. The monoisotopic (exact) mass is 191 g/mol. The molecule has 79 valence electrons. The van der Waals surface area contributed by atoms with E-state index in [4.69, 9.17) is 6.58 Å². The summed E-state index contributed by atoms with van der Waals surface area (Å²) < 4.78 is 0. The highest BCUT2D eigenvalue weighted by molar-refractivity contribution is 5.07. The van der Waals surface area contributed by atoms with Gasteiger partial charge < -0.3 is 0 Å². The van der Waals surface area contributed by atoms with E-state index in [9.17, 15) is 0 Å². The van der Waals surface area contributed by atoms with Gasteiger partial charge in [-0.05, 0) is 12.8 Å². The van der Waals surface area contributed by atoms with Gasteiger partial charge in [0.2, 0.25) is 0 Å². The van der Waals surface area contributed by atoms with Gasteiger partial charge in [0.15, 0.2) is 0 Å². The third-order valence-corrected chi connectivity index (χ3v) is 2.19. The summed E-state index contributed by atoms with van der Waals surface area (Å²) in [7, 11) is 0. The van der Waals surface area contributed by atoms with Gasteiger partial charge in [-0.1, -0.05) is 76.0 Å². The molecule has 0 aromatic carbocycles. The molecule has 0 heterocycles. The highest BCUT2D eigenvalue weighted by Gasteiger charge is 1.87. The quantitative estimate of drug-likeness (QED) is 0.361. The van der Waals surface area contributed by atoms with Crippen LogP contribution in [0.2, 0.25) is 0 Å². The normalized spacial score (nSPS) is 11.5. The number of hydrogen-bond donors (Lipinski definition) is 0. The van der Waals surface area contributed by atoms with Gasteiger partial charge in [-0.3, -0.25) is 0 Å². The van der Waals surface area contributed by atoms with E-state index in [1.165, 1.54) is 44.9 Å². The SMILES string of the molecule is [CH]=C/C=C/C=C/CCCCCCCC. The molecule has 0 fully saturated rings. The van der Waals surface area contributed by atoms with Crippen LogP contribution < -0.4 is 0 Å². The minimum atomic E-state index is 1.20. The summed E-state index contributed by atoms with van der Waals surface area (Å²) in [4.78, 5) is 0. The average molecular weight is 191 g/mol. The molecule has 0 aromatic heterocycles. The van der Waals surface area contributed by atoms with Crippen LogP contribution in [0.5, 0.6) is 0 Å². The Hall–Kier alpha value is -0.780. The smallest absolute Gasteiger partial charge is 0.0348 e. The molecular formula is C14H23. The van der Waals surface area contributed by atoms with Crippen molar-refractivity contribution in [1.29, 1.82) is 0 Å². The van der Waals surface area contributed by atoms with Crippen LogP contribution in [0.4, 0.5) is 0 Å². The molecule has 0 aromatic rings. The maximum Gasteiger partial charge on any atom is -0.0348 e. The third kappa shape index (κ3) is 11.2. The van der Waals surface area contributed by atoms with Gasteiger partial charge >= 0.3 is 0 Å². The largest absolute Gasteiger partial charge is 0.0845 e. The van der Waals surface area contributed by atoms with Crippen LogP contribution in [0.1, 0.15) is 51.9 Å². The summed E-state index contributed by atoms with van der Waals surface area (Å²) in [5.74, 6) is 0. The molecule has 0 spiro atoms. The van der Waals surface area contributed by atoms with Crippen molar-refractivity contribution >= 4 is 0 Å². The average Bonchev–Trinajstić information content (AvgIpc) is 2.21. The molecule has 0 aliphatic carbocycles. The zero-order valence-corrected chi connectivity index (χ0v) is 9.41. The molecule has 0 bridgehead atoms. The third-order valence-electron chi connectivity index (χ3n) is 2.19. The van der Waals surface area contributed by atoms with Crippen LogP contribution in [-0.2, 0) is 0 Å². The fourth-order valence-electron chi connectivity index (χ4n) is 1.35. The van der Waals surface area contributed by atoms with Crippen LogP contribution in [0, 0.1) is 6.58 Å². The van der Waals surface area contributed by atoms with Gasteiger partial charge in [-0.15, -0.1) is 0 Å². The molecule has 0 saturated carbocycles. The van der Waals surface area contributed by atoms with E-state index >= 15 is 0 Å². The Balaban J connectivity index is 3.08. The standard InChI is InChI=1S/C14H23/c1-3-5-7-9-11-13-14-12-10-8-6-4-2/h1,3,5,7,9,11H,4,6,8,10,12-14H2,2H3/b3-1?,7-5+,11-9+. The summed E-state index contributed by atoms with van der Waals surface area (Å²) in [5, 5.41) is 0. The molecule has 14 heavy (non-hydrogen) atoms. The molecule has 0 saturated heterocycles. The predicted octanol–water partition coefficient (Wildman–Crippen LogP) is 4.84. The lowest BCUT2D eigenvalue weighted by atomic mass is 10.1. The molecule has 1 radical (unpaired) electrons. The maximum atomic E-state index is 5.19. The fraction of sp³-hybridized carbons (Fsp3) is 0.571. The van der Waals surface area contributed by atoms with E-state index in [0.29, 0.717) is 0 Å². The second kappa shape index (κ2) is 12.2. The Bertz CT molecular complexity index is 163. The molecule has 0 rings (SSSR count). The van der Waals surface area contributed by atoms with Crippen LogP contribution in [0.25, 0.3) is 0 Å². The summed E-state index contributed by atoms with van der Waals surface area (Å²) in [5.41, 5.74) is 0. The molecule has 0 aliphatic heterocycles. The van der Waals surface area contributed by atoms with Gasteiger partial charge in [0.25, 0.3) is 0 Å². The number of unbranched alkanes of at least 4 members (excludes halogenated alkanes) is 6. The molecule has 0 N–H and O–H groups in total. The topological polar surface area (TPSA) is 0 Å². The van der Waals surface area contributed by atoms with Crippen molar-refractivity contribution in [1.82, 2.24) is 0 Å². The fourth-order valence-corrected chi connectivity index (χ4v) is 1.35. The van der Waals surface area contributed by atoms with Gasteiger partial charge in [0, 0.05) is 0 Å². The zero-order valence-electron chi connectivity index (χ0n) is 9.41. The van der Waals surface area contributed by atoms with Crippen molar-refractivity contribution in [2.45, 2.75) is 51.9 Å². The predicted molar refractivity (Wildman–Crippen MR) is 65.1 cm³/mol. The van der Waals surface area contributed by atoms with Crippen molar-refractivity contribution in [2.75, 3.05) is 0 Å².